The second kappa shape index (κ2) is 7.57. The lowest BCUT2D eigenvalue weighted by atomic mass is 9.97. The molecule has 3 heterocycles. The Morgan fingerprint density at radius 2 is 2.24 bits per heavy atom. The number of amides is 1. The lowest BCUT2D eigenvalue weighted by Crippen LogP contribution is -2.40. The molecule has 7 heteroatoms. The molecule has 1 aliphatic rings. The van der Waals surface area contributed by atoms with Gasteiger partial charge in [0, 0.05) is 30.4 Å². The van der Waals surface area contributed by atoms with Gasteiger partial charge in [0.25, 0.3) is 0 Å². The molecule has 1 unspecified atom stereocenters. The third-order valence-corrected chi connectivity index (χ3v) is 4.38. The van der Waals surface area contributed by atoms with Crippen LogP contribution in [-0.2, 0) is 4.79 Å². The van der Waals surface area contributed by atoms with Gasteiger partial charge in [0.1, 0.15) is 17.5 Å². The quantitative estimate of drug-likeness (QED) is 0.863. The largest absolute Gasteiger partial charge is 0.369 e. The van der Waals surface area contributed by atoms with E-state index in [1.165, 1.54) is 0 Å². The topological polar surface area (TPSA) is 97.0 Å². The summed E-state index contributed by atoms with van der Waals surface area (Å²) in [4.78, 5) is 26.9. The van der Waals surface area contributed by atoms with Crippen LogP contribution in [-0.4, -0.2) is 45.4 Å². The predicted molar refractivity (Wildman–Crippen MR) is 96.6 cm³/mol. The molecule has 7 nitrogen and oxygen atoms in total. The van der Waals surface area contributed by atoms with Gasteiger partial charge >= 0.3 is 0 Å². The molecule has 25 heavy (non-hydrogen) atoms. The van der Waals surface area contributed by atoms with Crippen LogP contribution in [0.1, 0.15) is 35.8 Å². The average Bonchev–Trinajstić information content (AvgIpc) is 2.56. The van der Waals surface area contributed by atoms with Crippen molar-refractivity contribution in [1.29, 1.82) is 0 Å². The van der Waals surface area contributed by atoms with E-state index in [0.29, 0.717) is 6.54 Å². The van der Waals surface area contributed by atoms with Crippen molar-refractivity contribution in [2.45, 2.75) is 32.6 Å². The van der Waals surface area contributed by atoms with Crippen LogP contribution in [0.2, 0.25) is 0 Å². The van der Waals surface area contributed by atoms with Crippen LogP contribution in [0, 0.1) is 13.8 Å². The zero-order chi connectivity index (χ0) is 17.8. The molecule has 3 rings (SSSR count). The molecule has 132 valence electrons. The SMILES string of the molecule is Cc1cc(Nc2ncccc2C)nc(C2CCCN(CC(N)=O)C2)n1. The Balaban J connectivity index is 1.79. The molecule has 1 amide bonds. The number of likely N-dealkylation sites (tertiary alicyclic amines) is 1. The Hall–Kier alpha value is -2.54. The van der Waals surface area contributed by atoms with Crippen molar-refractivity contribution < 1.29 is 4.79 Å². The average molecular weight is 340 g/mol. The van der Waals surface area contributed by atoms with E-state index in [-0.39, 0.29) is 11.8 Å². The van der Waals surface area contributed by atoms with Gasteiger partial charge in [0.05, 0.1) is 6.54 Å². The van der Waals surface area contributed by atoms with Crippen molar-refractivity contribution in [3.63, 3.8) is 0 Å². The highest BCUT2D eigenvalue weighted by Gasteiger charge is 2.24. The minimum atomic E-state index is -0.293. The number of primary amides is 1. The van der Waals surface area contributed by atoms with Gasteiger partial charge in [-0.15, -0.1) is 0 Å². The van der Waals surface area contributed by atoms with Crippen molar-refractivity contribution in [2.75, 3.05) is 25.0 Å². The zero-order valence-corrected chi connectivity index (χ0v) is 14.7. The minimum Gasteiger partial charge on any atom is -0.369 e. The molecule has 0 bridgehead atoms. The van der Waals surface area contributed by atoms with Crippen LogP contribution in [0.15, 0.2) is 24.4 Å². The summed E-state index contributed by atoms with van der Waals surface area (Å²) >= 11 is 0. The Morgan fingerprint density at radius 1 is 1.40 bits per heavy atom. The minimum absolute atomic E-state index is 0.207. The summed E-state index contributed by atoms with van der Waals surface area (Å²) < 4.78 is 0. The number of nitrogens with zero attached hydrogens (tertiary/aromatic N) is 4. The number of hydrogen-bond donors (Lipinski definition) is 2. The second-order valence-electron chi connectivity index (χ2n) is 6.59. The Morgan fingerprint density at radius 3 is 3.00 bits per heavy atom. The Kier molecular flexibility index (Phi) is 5.23. The van der Waals surface area contributed by atoms with Crippen LogP contribution < -0.4 is 11.1 Å². The molecule has 1 aliphatic heterocycles. The van der Waals surface area contributed by atoms with E-state index in [1.54, 1.807) is 6.20 Å². The zero-order valence-electron chi connectivity index (χ0n) is 14.7. The number of aryl methyl sites for hydroxylation is 2. The first-order valence-electron chi connectivity index (χ1n) is 8.56. The highest BCUT2D eigenvalue weighted by atomic mass is 16.1. The third-order valence-electron chi connectivity index (χ3n) is 4.38. The standard InChI is InChI=1S/C18H24N6O/c1-12-5-3-7-20-17(12)22-16-9-13(2)21-18(23-16)14-6-4-8-24(10-14)11-15(19)25/h3,5,7,9,14H,4,6,8,10-11H2,1-2H3,(H2,19,25)(H,20,21,22,23). The van der Waals surface area contributed by atoms with Gasteiger partial charge in [0.2, 0.25) is 5.91 Å². The van der Waals surface area contributed by atoms with Crippen molar-refractivity contribution in [1.82, 2.24) is 19.9 Å². The molecule has 0 aliphatic carbocycles. The predicted octanol–water partition coefficient (Wildman–Crippen LogP) is 1.90. The summed E-state index contributed by atoms with van der Waals surface area (Å²) in [5.74, 6) is 2.27. The first-order chi connectivity index (χ1) is 12.0. The molecule has 3 N–H and O–H groups in total. The van der Waals surface area contributed by atoms with Gasteiger partial charge in [-0.25, -0.2) is 15.0 Å². The maximum atomic E-state index is 11.2. The van der Waals surface area contributed by atoms with Crippen molar-refractivity contribution in [3.05, 3.63) is 41.5 Å². The lowest BCUT2D eigenvalue weighted by Gasteiger charge is -2.31. The summed E-state index contributed by atoms with van der Waals surface area (Å²) in [7, 11) is 0. The number of anilines is 2. The fourth-order valence-corrected chi connectivity index (χ4v) is 3.21. The maximum absolute atomic E-state index is 11.2. The molecule has 1 saturated heterocycles. The number of carbonyl (C=O) groups excluding carboxylic acids is 1. The fourth-order valence-electron chi connectivity index (χ4n) is 3.21. The van der Waals surface area contributed by atoms with E-state index in [4.69, 9.17) is 10.7 Å². The Labute approximate surface area is 147 Å². The number of aromatic nitrogens is 3. The number of rotatable bonds is 5. The first kappa shape index (κ1) is 17.3. The van der Waals surface area contributed by atoms with Crippen LogP contribution in [0.4, 0.5) is 11.6 Å². The second-order valence-corrected chi connectivity index (χ2v) is 6.59. The summed E-state index contributed by atoms with van der Waals surface area (Å²) in [6.07, 6.45) is 3.78. The molecular weight excluding hydrogens is 316 g/mol. The van der Waals surface area contributed by atoms with Gasteiger partial charge < -0.3 is 11.1 Å². The summed E-state index contributed by atoms with van der Waals surface area (Å²) in [6, 6.07) is 5.83. The summed E-state index contributed by atoms with van der Waals surface area (Å²) in [5.41, 5.74) is 7.30. The van der Waals surface area contributed by atoms with Gasteiger partial charge in [-0.1, -0.05) is 6.07 Å². The highest BCUT2D eigenvalue weighted by molar-refractivity contribution is 5.75. The molecule has 2 aromatic heterocycles. The van der Waals surface area contributed by atoms with Crippen molar-refractivity contribution in [3.8, 4) is 0 Å². The van der Waals surface area contributed by atoms with Crippen LogP contribution in [0.3, 0.4) is 0 Å². The Bertz CT molecular complexity index is 763. The summed E-state index contributed by atoms with van der Waals surface area (Å²) in [6.45, 7) is 5.91. The molecule has 1 fully saturated rings. The molecule has 1 atom stereocenters. The number of hydrogen-bond acceptors (Lipinski definition) is 6. The van der Waals surface area contributed by atoms with E-state index in [1.807, 2.05) is 32.0 Å². The molecule has 0 radical (unpaired) electrons. The van der Waals surface area contributed by atoms with Crippen LogP contribution in [0.25, 0.3) is 0 Å². The van der Waals surface area contributed by atoms with E-state index < -0.39 is 0 Å². The van der Waals surface area contributed by atoms with Gasteiger partial charge in [0.15, 0.2) is 0 Å². The number of pyridine rings is 1. The molecule has 0 saturated carbocycles. The molecule has 0 aromatic carbocycles. The van der Waals surface area contributed by atoms with Gasteiger partial charge in [-0.05, 0) is 44.9 Å². The van der Waals surface area contributed by atoms with Crippen LogP contribution >= 0.6 is 0 Å². The third kappa shape index (κ3) is 4.51. The lowest BCUT2D eigenvalue weighted by molar-refractivity contribution is -0.119. The van der Waals surface area contributed by atoms with Crippen LogP contribution in [0.5, 0.6) is 0 Å². The smallest absolute Gasteiger partial charge is 0.231 e. The normalized spacial score (nSPS) is 18.1. The first-order valence-corrected chi connectivity index (χ1v) is 8.56. The number of nitrogens with one attached hydrogen (secondary N) is 1. The monoisotopic (exact) mass is 340 g/mol. The highest BCUT2D eigenvalue weighted by Crippen LogP contribution is 2.26. The van der Waals surface area contributed by atoms with E-state index in [9.17, 15) is 4.79 Å². The van der Waals surface area contributed by atoms with E-state index in [0.717, 1.165) is 54.6 Å². The van der Waals surface area contributed by atoms with Crippen molar-refractivity contribution in [2.24, 2.45) is 5.73 Å². The van der Waals surface area contributed by atoms with Gasteiger partial charge in [-0.2, -0.15) is 0 Å². The van der Waals surface area contributed by atoms with Crippen molar-refractivity contribution >= 4 is 17.5 Å². The number of nitrogens with two attached hydrogens (primary N) is 1. The summed E-state index contributed by atoms with van der Waals surface area (Å²) in [5, 5.41) is 3.29. The fraction of sp³-hybridized carbons (Fsp3) is 0.444. The number of piperidine rings is 1. The molecular formula is C18H24N6O. The maximum Gasteiger partial charge on any atom is 0.231 e. The van der Waals surface area contributed by atoms with E-state index >= 15 is 0 Å². The molecule has 0 spiro atoms. The molecule has 2 aromatic rings. The van der Waals surface area contributed by atoms with E-state index in [2.05, 4.69) is 20.2 Å². The number of carbonyl (C=O) groups is 1. The van der Waals surface area contributed by atoms with Gasteiger partial charge in [-0.3, -0.25) is 9.69 Å².